The highest BCUT2D eigenvalue weighted by atomic mass is 35.5. The maximum absolute atomic E-state index is 14.0. The predicted molar refractivity (Wildman–Crippen MR) is 122 cm³/mol. The van der Waals surface area contributed by atoms with E-state index in [1.54, 1.807) is 0 Å². The van der Waals surface area contributed by atoms with Crippen LogP contribution in [0.5, 0.6) is 0 Å². The monoisotopic (exact) mass is 449 g/mol. The third-order valence-corrected chi connectivity index (χ3v) is 8.31. The topological polar surface area (TPSA) is 69.7 Å². The van der Waals surface area contributed by atoms with Gasteiger partial charge in [-0.1, -0.05) is 29.8 Å². The van der Waals surface area contributed by atoms with Crippen LogP contribution in [0.3, 0.4) is 0 Å². The fourth-order valence-corrected chi connectivity index (χ4v) is 6.93. The van der Waals surface area contributed by atoms with E-state index in [1.807, 2.05) is 51.1 Å². The molecule has 0 aromatic heterocycles. The minimum absolute atomic E-state index is 0.137. The van der Waals surface area contributed by atoms with E-state index in [9.17, 15) is 14.4 Å². The molecule has 32 heavy (non-hydrogen) atoms. The number of hydrogen-bond acceptors (Lipinski definition) is 4. The summed E-state index contributed by atoms with van der Waals surface area (Å²) < 4.78 is 0. The maximum Gasteiger partial charge on any atom is 0.250 e. The number of anilines is 2. The number of hydrogen-bond donors (Lipinski definition) is 1. The van der Waals surface area contributed by atoms with Crippen molar-refractivity contribution in [2.75, 3.05) is 16.8 Å². The summed E-state index contributed by atoms with van der Waals surface area (Å²) in [7, 11) is 0. The van der Waals surface area contributed by atoms with Crippen molar-refractivity contribution in [3.05, 3.63) is 57.6 Å². The Kier molecular flexibility index (Phi) is 4.00. The van der Waals surface area contributed by atoms with Crippen LogP contribution < -0.4 is 10.2 Å². The first-order valence-electron chi connectivity index (χ1n) is 11.1. The molecule has 4 aliphatic heterocycles. The standard InChI is InChI=1S/C25H24ClN3O3/c1-12-10-15-21(16(26)11-12)27-24(32)25(15)20-19(18-8-5-9-28(18)25)22(30)29(23(20)31)17-7-4-6-13(2)14(17)3/h4,6-7,10-11,18-20H,5,8-9H2,1-3H3,(H,27,32). The molecule has 4 unspecified atom stereocenters. The Labute approximate surface area is 191 Å². The van der Waals surface area contributed by atoms with Gasteiger partial charge in [-0.2, -0.15) is 0 Å². The molecule has 0 bridgehead atoms. The molecule has 7 heteroatoms. The van der Waals surface area contributed by atoms with Crippen molar-refractivity contribution < 1.29 is 14.4 Å². The van der Waals surface area contributed by atoms with Crippen LogP contribution in [0.15, 0.2) is 30.3 Å². The molecular formula is C25H24ClN3O3. The summed E-state index contributed by atoms with van der Waals surface area (Å²) in [6.07, 6.45) is 1.69. The summed E-state index contributed by atoms with van der Waals surface area (Å²) in [4.78, 5) is 45.1. The first-order valence-corrected chi connectivity index (χ1v) is 11.5. The first-order chi connectivity index (χ1) is 15.3. The van der Waals surface area contributed by atoms with Gasteiger partial charge in [0.1, 0.15) is 5.54 Å². The summed E-state index contributed by atoms with van der Waals surface area (Å²) in [5, 5.41) is 3.43. The van der Waals surface area contributed by atoms with Gasteiger partial charge in [0.15, 0.2) is 0 Å². The van der Waals surface area contributed by atoms with Gasteiger partial charge in [0.05, 0.1) is 28.2 Å². The number of rotatable bonds is 1. The number of amides is 3. The van der Waals surface area contributed by atoms with Crippen molar-refractivity contribution in [1.82, 2.24) is 4.90 Å². The number of carbonyl (C=O) groups is 3. The molecule has 3 saturated heterocycles. The van der Waals surface area contributed by atoms with Crippen LogP contribution in [0.4, 0.5) is 11.4 Å². The molecular weight excluding hydrogens is 426 g/mol. The summed E-state index contributed by atoms with van der Waals surface area (Å²) >= 11 is 6.52. The van der Waals surface area contributed by atoms with E-state index < -0.39 is 17.4 Å². The Balaban J connectivity index is 1.59. The molecule has 1 spiro atoms. The number of halogens is 1. The van der Waals surface area contributed by atoms with Gasteiger partial charge in [-0.3, -0.25) is 19.3 Å². The second-order valence-electron chi connectivity index (χ2n) is 9.53. The van der Waals surface area contributed by atoms with E-state index >= 15 is 0 Å². The molecule has 0 radical (unpaired) electrons. The molecule has 2 aromatic rings. The molecule has 1 N–H and O–H groups in total. The van der Waals surface area contributed by atoms with Crippen molar-refractivity contribution >= 4 is 40.7 Å². The van der Waals surface area contributed by atoms with Gasteiger partial charge in [-0.15, -0.1) is 0 Å². The largest absolute Gasteiger partial charge is 0.323 e. The Morgan fingerprint density at radius 1 is 1.09 bits per heavy atom. The van der Waals surface area contributed by atoms with Crippen molar-refractivity contribution in [1.29, 1.82) is 0 Å². The molecule has 4 atom stereocenters. The lowest BCUT2D eigenvalue weighted by atomic mass is 9.75. The lowest BCUT2D eigenvalue weighted by Crippen LogP contribution is -2.54. The molecule has 4 aliphatic rings. The first kappa shape index (κ1) is 19.9. The van der Waals surface area contributed by atoms with Gasteiger partial charge in [-0.05, 0) is 69.0 Å². The van der Waals surface area contributed by atoms with Gasteiger partial charge >= 0.3 is 0 Å². The molecule has 164 valence electrons. The highest BCUT2D eigenvalue weighted by Gasteiger charge is 2.74. The number of aryl methyl sites for hydroxylation is 2. The zero-order valence-corrected chi connectivity index (χ0v) is 19.0. The van der Waals surface area contributed by atoms with Gasteiger partial charge in [0.2, 0.25) is 11.8 Å². The zero-order valence-electron chi connectivity index (χ0n) is 18.2. The van der Waals surface area contributed by atoms with E-state index in [0.29, 0.717) is 22.9 Å². The summed E-state index contributed by atoms with van der Waals surface area (Å²) in [6, 6.07) is 9.29. The third kappa shape index (κ3) is 2.17. The number of benzene rings is 2. The van der Waals surface area contributed by atoms with E-state index in [0.717, 1.165) is 35.1 Å². The molecule has 0 aliphatic carbocycles. The van der Waals surface area contributed by atoms with E-state index in [2.05, 4.69) is 10.2 Å². The van der Waals surface area contributed by atoms with Gasteiger partial charge in [-0.25, -0.2) is 4.90 Å². The minimum atomic E-state index is -1.20. The second-order valence-corrected chi connectivity index (χ2v) is 9.93. The van der Waals surface area contributed by atoms with Crippen LogP contribution in [0.2, 0.25) is 5.02 Å². The van der Waals surface area contributed by atoms with Crippen LogP contribution in [-0.2, 0) is 19.9 Å². The Hall–Kier alpha value is -2.70. The van der Waals surface area contributed by atoms with Crippen LogP contribution in [-0.4, -0.2) is 35.2 Å². The van der Waals surface area contributed by atoms with E-state index in [1.165, 1.54) is 4.90 Å². The third-order valence-electron chi connectivity index (χ3n) is 8.01. The summed E-state index contributed by atoms with van der Waals surface area (Å²) in [5.74, 6) is -2.03. The van der Waals surface area contributed by atoms with E-state index in [4.69, 9.17) is 11.6 Å². The quantitative estimate of drug-likeness (QED) is 0.674. The van der Waals surface area contributed by atoms with Crippen molar-refractivity contribution in [2.45, 2.75) is 45.2 Å². The normalized spacial score (nSPS) is 30.8. The Morgan fingerprint density at radius 3 is 2.66 bits per heavy atom. The number of fused-ring (bicyclic) bond motifs is 7. The molecule has 3 fully saturated rings. The van der Waals surface area contributed by atoms with Crippen molar-refractivity contribution in [2.24, 2.45) is 11.8 Å². The number of nitrogens with zero attached hydrogens (tertiary/aromatic N) is 2. The Bertz CT molecular complexity index is 1240. The lowest BCUT2D eigenvalue weighted by Gasteiger charge is -2.37. The average molecular weight is 450 g/mol. The number of carbonyl (C=O) groups excluding carboxylic acids is 3. The minimum Gasteiger partial charge on any atom is -0.323 e. The van der Waals surface area contributed by atoms with Gasteiger partial charge < -0.3 is 5.32 Å². The van der Waals surface area contributed by atoms with Crippen LogP contribution in [0.1, 0.15) is 35.1 Å². The molecule has 3 amide bonds. The summed E-state index contributed by atoms with van der Waals surface area (Å²) in [5.41, 5.74) is 3.57. The highest BCUT2D eigenvalue weighted by Crippen LogP contribution is 2.61. The molecule has 4 heterocycles. The Morgan fingerprint density at radius 2 is 1.88 bits per heavy atom. The molecule has 2 aromatic carbocycles. The van der Waals surface area contributed by atoms with Gasteiger partial charge in [0, 0.05) is 11.6 Å². The van der Waals surface area contributed by atoms with E-state index in [-0.39, 0.29) is 23.8 Å². The van der Waals surface area contributed by atoms with Crippen LogP contribution in [0, 0.1) is 32.6 Å². The second kappa shape index (κ2) is 6.42. The van der Waals surface area contributed by atoms with Crippen molar-refractivity contribution in [3.63, 3.8) is 0 Å². The highest BCUT2D eigenvalue weighted by molar-refractivity contribution is 6.35. The molecule has 6 nitrogen and oxygen atoms in total. The van der Waals surface area contributed by atoms with Crippen LogP contribution in [0.25, 0.3) is 0 Å². The lowest BCUT2D eigenvalue weighted by molar-refractivity contribution is -0.135. The summed E-state index contributed by atoms with van der Waals surface area (Å²) in [6.45, 7) is 6.51. The molecule has 0 saturated carbocycles. The number of nitrogens with one attached hydrogen (secondary N) is 1. The number of imide groups is 1. The SMILES string of the molecule is Cc1cc(Cl)c2c(c1)C1(C(=O)N2)C2C(=O)N(c3cccc(C)c3C)C(=O)C2C2CCCN21. The van der Waals surface area contributed by atoms with Crippen LogP contribution >= 0.6 is 11.6 Å². The smallest absolute Gasteiger partial charge is 0.250 e. The fourth-order valence-electron chi connectivity index (χ4n) is 6.61. The fraction of sp³-hybridized carbons (Fsp3) is 0.400. The maximum atomic E-state index is 14.0. The molecule has 6 rings (SSSR count). The van der Waals surface area contributed by atoms with Gasteiger partial charge in [0.25, 0.3) is 5.91 Å². The zero-order chi connectivity index (χ0) is 22.5. The predicted octanol–water partition coefficient (Wildman–Crippen LogP) is 3.70. The van der Waals surface area contributed by atoms with Crippen molar-refractivity contribution in [3.8, 4) is 0 Å². The average Bonchev–Trinajstić information content (AvgIpc) is 3.44.